The van der Waals surface area contributed by atoms with Crippen LogP contribution in [0.2, 0.25) is 5.02 Å². The summed E-state index contributed by atoms with van der Waals surface area (Å²) in [6.45, 7) is 0.149. The molecule has 0 heterocycles. The maximum Gasteiger partial charge on any atom is 0.166 e. The molecule has 1 fully saturated rings. The van der Waals surface area contributed by atoms with Crippen molar-refractivity contribution in [2.75, 3.05) is 13.7 Å². The van der Waals surface area contributed by atoms with E-state index < -0.39 is 0 Å². The van der Waals surface area contributed by atoms with Gasteiger partial charge in [-0.15, -0.1) is 0 Å². The van der Waals surface area contributed by atoms with Crippen molar-refractivity contribution in [1.29, 1.82) is 0 Å². The summed E-state index contributed by atoms with van der Waals surface area (Å²) in [4.78, 5) is 0. The molecule has 0 aliphatic heterocycles. The Morgan fingerprint density at radius 3 is 2.68 bits per heavy atom. The lowest BCUT2D eigenvalue weighted by Crippen LogP contribution is -2.13. The Labute approximate surface area is 119 Å². The second kappa shape index (κ2) is 7.01. The normalized spacial score (nSPS) is 15.7. The molecular formula is C15H21ClO3. The molecule has 19 heavy (non-hydrogen) atoms. The van der Waals surface area contributed by atoms with E-state index in [2.05, 4.69) is 0 Å². The molecule has 3 nitrogen and oxygen atoms in total. The first kappa shape index (κ1) is 14.5. The van der Waals surface area contributed by atoms with Crippen molar-refractivity contribution in [1.82, 2.24) is 0 Å². The third-order valence-corrected chi connectivity index (χ3v) is 3.91. The molecule has 1 aliphatic carbocycles. The largest absolute Gasteiger partial charge is 0.493 e. The molecule has 0 amide bonds. The van der Waals surface area contributed by atoms with Crippen LogP contribution in [0.5, 0.6) is 11.5 Å². The van der Waals surface area contributed by atoms with Gasteiger partial charge in [-0.05, 0) is 50.7 Å². The summed E-state index contributed by atoms with van der Waals surface area (Å²) < 4.78 is 11.5. The van der Waals surface area contributed by atoms with Crippen molar-refractivity contribution in [3.63, 3.8) is 0 Å². The average Bonchev–Trinajstić information content (AvgIpc) is 2.91. The minimum atomic E-state index is 0.149. The molecule has 1 aliphatic rings. The number of hydrogen-bond donors (Lipinski definition) is 1. The van der Waals surface area contributed by atoms with Crippen LogP contribution in [0.4, 0.5) is 0 Å². The molecule has 0 spiro atoms. The fourth-order valence-corrected chi connectivity index (χ4v) is 2.78. The number of methoxy groups -OCH3 is 1. The third-order valence-electron chi connectivity index (χ3n) is 3.56. The van der Waals surface area contributed by atoms with E-state index in [0.717, 1.165) is 29.9 Å². The van der Waals surface area contributed by atoms with Crippen LogP contribution < -0.4 is 9.47 Å². The summed E-state index contributed by atoms with van der Waals surface area (Å²) in [6, 6.07) is 3.67. The first-order valence-corrected chi connectivity index (χ1v) is 7.27. The quantitative estimate of drug-likeness (QED) is 0.867. The van der Waals surface area contributed by atoms with Gasteiger partial charge in [-0.2, -0.15) is 0 Å². The van der Waals surface area contributed by atoms with E-state index in [9.17, 15) is 0 Å². The average molecular weight is 285 g/mol. The molecule has 1 aromatic carbocycles. The zero-order valence-electron chi connectivity index (χ0n) is 11.3. The summed E-state index contributed by atoms with van der Waals surface area (Å²) >= 11 is 6.26. The second-order valence-electron chi connectivity index (χ2n) is 4.91. The lowest BCUT2D eigenvalue weighted by molar-refractivity contribution is 0.198. The van der Waals surface area contributed by atoms with Crippen LogP contribution in [-0.4, -0.2) is 24.9 Å². The highest BCUT2D eigenvalue weighted by molar-refractivity contribution is 6.31. The van der Waals surface area contributed by atoms with E-state index in [1.54, 1.807) is 7.11 Å². The Morgan fingerprint density at radius 2 is 2.05 bits per heavy atom. The van der Waals surface area contributed by atoms with E-state index in [0.29, 0.717) is 17.9 Å². The van der Waals surface area contributed by atoms with Crippen LogP contribution in [-0.2, 0) is 6.42 Å². The Bertz CT molecular complexity index is 414. The standard InChI is InChI=1S/C15H21ClO3/c1-18-14-9-8-13(16)12(7-4-10-17)15(14)19-11-5-2-3-6-11/h8-9,11,17H,2-7,10H2,1H3. The van der Waals surface area contributed by atoms with Gasteiger partial charge in [0.25, 0.3) is 0 Å². The fraction of sp³-hybridized carbons (Fsp3) is 0.600. The number of hydrogen-bond acceptors (Lipinski definition) is 3. The number of benzene rings is 1. The summed E-state index contributed by atoms with van der Waals surface area (Å²) in [5, 5.41) is 9.69. The van der Waals surface area contributed by atoms with Gasteiger partial charge in [-0.3, -0.25) is 0 Å². The Balaban J connectivity index is 2.26. The summed E-state index contributed by atoms with van der Waals surface area (Å²) in [7, 11) is 1.64. The lowest BCUT2D eigenvalue weighted by atomic mass is 10.1. The molecule has 4 heteroatoms. The number of ether oxygens (including phenoxy) is 2. The van der Waals surface area contributed by atoms with Crippen LogP contribution in [0.3, 0.4) is 0 Å². The van der Waals surface area contributed by atoms with Gasteiger partial charge in [0.05, 0.1) is 13.2 Å². The number of aliphatic hydroxyl groups excluding tert-OH is 1. The molecule has 1 saturated carbocycles. The van der Waals surface area contributed by atoms with Crippen molar-refractivity contribution >= 4 is 11.6 Å². The van der Waals surface area contributed by atoms with Crippen molar-refractivity contribution in [3.05, 3.63) is 22.7 Å². The fourth-order valence-electron chi connectivity index (χ4n) is 2.53. The maximum atomic E-state index is 9.00. The third kappa shape index (κ3) is 3.54. The Morgan fingerprint density at radius 1 is 1.32 bits per heavy atom. The minimum absolute atomic E-state index is 0.149. The van der Waals surface area contributed by atoms with Gasteiger partial charge in [0.1, 0.15) is 0 Å². The summed E-state index contributed by atoms with van der Waals surface area (Å²) in [5.74, 6) is 1.49. The molecule has 1 aromatic rings. The highest BCUT2D eigenvalue weighted by Gasteiger charge is 2.21. The van der Waals surface area contributed by atoms with Crippen molar-refractivity contribution in [2.45, 2.75) is 44.6 Å². The number of rotatable bonds is 6. The minimum Gasteiger partial charge on any atom is -0.493 e. The molecule has 1 N–H and O–H groups in total. The van der Waals surface area contributed by atoms with E-state index in [-0.39, 0.29) is 12.7 Å². The van der Waals surface area contributed by atoms with Crippen molar-refractivity contribution < 1.29 is 14.6 Å². The zero-order chi connectivity index (χ0) is 13.7. The van der Waals surface area contributed by atoms with E-state index in [1.807, 2.05) is 12.1 Å². The van der Waals surface area contributed by atoms with Gasteiger partial charge in [-0.1, -0.05) is 11.6 Å². The van der Waals surface area contributed by atoms with Crippen LogP contribution >= 0.6 is 11.6 Å². The van der Waals surface area contributed by atoms with Gasteiger partial charge < -0.3 is 14.6 Å². The molecule has 106 valence electrons. The first-order valence-electron chi connectivity index (χ1n) is 6.89. The maximum absolute atomic E-state index is 9.00. The molecule has 0 bridgehead atoms. The molecule has 0 radical (unpaired) electrons. The molecular weight excluding hydrogens is 264 g/mol. The second-order valence-corrected chi connectivity index (χ2v) is 5.32. The van der Waals surface area contributed by atoms with Crippen molar-refractivity contribution in [2.24, 2.45) is 0 Å². The molecule has 0 unspecified atom stereocenters. The van der Waals surface area contributed by atoms with Gasteiger partial charge in [-0.25, -0.2) is 0 Å². The smallest absolute Gasteiger partial charge is 0.166 e. The first-order chi connectivity index (χ1) is 9.26. The van der Waals surface area contributed by atoms with E-state index >= 15 is 0 Å². The van der Waals surface area contributed by atoms with Crippen LogP contribution in [0.1, 0.15) is 37.7 Å². The van der Waals surface area contributed by atoms with E-state index in [4.69, 9.17) is 26.2 Å². The SMILES string of the molecule is COc1ccc(Cl)c(CCCO)c1OC1CCCC1. The lowest BCUT2D eigenvalue weighted by Gasteiger charge is -2.20. The molecule has 0 aromatic heterocycles. The predicted molar refractivity (Wildman–Crippen MR) is 76.3 cm³/mol. The van der Waals surface area contributed by atoms with E-state index in [1.165, 1.54) is 12.8 Å². The topological polar surface area (TPSA) is 38.7 Å². The summed E-state index contributed by atoms with van der Waals surface area (Å²) in [5.41, 5.74) is 0.946. The van der Waals surface area contributed by atoms with Gasteiger partial charge >= 0.3 is 0 Å². The monoisotopic (exact) mass is 284 g/mol. The zero-order valence-corrected chi connectivity index (χ0v) is 12.1. The Kier molecular flexibility index (Phi) is 5.34. The predicted octanol–water partition coefficient (Wildman–Crippen LogP) is 3.59. The number of aliphatic hydroxyl groups is 1. The molecule has 0 saturated heterocycles. The van der Waals surface area contributed by atoms with Crippen molar-refractivity contribution in [3.8, 4) is 11.5 Å². The number of halogens is 1. The van der Waals surface area contributed by atoms with Gasteiger partial charge in [0.15, 0.2) is 11.5 Å². The highest BCUT2D eigenvalue weighted by atomic mass is 35.5. The van der Waals surface area contributed by atoms with Gasteiger partial charge in [0.2, 0.25) is 0 Å². The van der Waals surface area contributed by atoms with Crippen LogP contribution in [0.15, 0.2) is 12.1 Å². The molecule has 0 atom stereocenters. The molecule has 2 rings (SSSR count). The van der Waals surface area contributed by atoms with Gasteiger partial charge in [0, 0.05) is 17.2 Å². The van der Waals surface area contributed by atoms with Crippen LogP contribution in [0, 0.1) is 0 Å². The Hall–Kier alpha value is -0.930. The summed E-state index contributed by atoms with van der Waals surface area (Å²) in [6.07, 6.45) is 6.27. The highest BCUT2D eigenvalue weighted by Crippen LogP contribution is 2.39. The van der Waals surface area contributed by atoms with Crippen LogP contribution in [0.25, 0.3) is 0 Å².